The smallest absolute Gasteiger partial charge is 0.330 e. The minimum atomic E-state index is -0.730. The van der Waals surface area contributed by atoms with Crippen molar-refractivity contribution in [2.24, 2.45) is 0 Å². The van der Waals surface area contributed by atoms with Crippen LogP contribution in [0.5, 0.6) is 0 Å². The highest BCUT2D eigenvalue weighted by molar-refractivity contribution is 9.10. The Bertz CT molecular complexity index is 468. The molecule has 21 heavy (non-hydrogen) atoms. The van der Waals surface area contributed by atoms with E-state index in [0.29, 0.717) is 19.1 Å². The molecule has 1 aromatic rings. The number of carbonyl (C=O) groups excluding carboxylic acids is 1. The van der Waals surface area contributed by atoms with Gasteiger partial charge >= 0.3 is 5.97 Å². The number of esters is 1. The van der Waals surface area contributed by atoms with Gasteiger partial charge in [0.2, 0.25) is 0 Å². The van der Waals surface area contributed by atoms with Gasteiger partial charge in [-0.1, -0.05) is 47.8 Å². The van der Waals surface area contributed by atoms with Crippen LogP contribution in [0.15, 0.2) is 28.7 Å². The van der Waals surface area contributed by atoms with Crippen LogP contribution >= 0.6 is 15.9 Å². The lowest BCUT2D eigenvalue weighted by molar-refractivity contribution is -0.152. The van der Waals surface area contributed by atoms with Crippen molar-refractivity contribution in [2.75, 3.05) is 6.61 Å². The average Bonchev–Trinajstić information content (AvgIpc) is 2.99. The van der Waals surface area contributed by atoms with Gasteiger partial charge in [-0.15, -0.1) is 0 Å². The molecule has 0 radical (unpaired) electrons. The molecule has 1 aliphatic rings. The minimum Gasteiger partial charge on any atom is -0.464 e. The Balaban J connectivity index is 2.34. The zero-order valence-corrected chi connectivity index (χ0v) is 14.4. The van der Waals surface area contributed by atoms with Gasteiger partial charge in [-0.25, -0.2) is 4.79 Å². The number of nitrogens with one attached hydrogen (secondary N) is 1. The third-order valence-corrected chi connectivity index (χ3v) is 4.83. The molecule has 1 atom stereocenters. The number of hydrogen-bond acceptors (Lipinski definition) is 3. The summed E-state index contributed by atoms with van der Waals surface area (Å²) in [5, 5.41) is 3.61. The van der Waals surface area contributed by atoms with E-state index in [1.165, 1.54) is 12.8 Å². The first-order valence-electron chi connectivity index (χ1n) is 7.83. The topological polar surface area (TPSA) is 38.3 Å². The zero-order valence-electron chi connectivity index (χ0n) is 12.8. The van der Waals surface area contributed by atoms with Gasteiger partial charge in [-0.2, -0.15) is 0 Å². The van der Waals surface area contributed by atoms with Gasteiger partial charge < -0.3 is 4.74 Å². The maximum atomic E-state index is 12.7. The highest BCUT2D eigenvalue weighted by Crippen LogP contribution is 2.31. The Morgan fingerprint density at radius 3 is 2.43 bits per heavy atom. The molecule has 1 N–H and O–H groups in total. The van der Waals surface area contributed by atoms with E-state index in [4.69, 9.17) is 4.74 Å². The Labute approximate surface area is 135 Å². The van der Waals surface area contributed by atoms with E-state index in [1.807, 2.05) is 38.1 Å². The van der Waals surface area contributed by atoms with Gasteiger partial charge in [0, 0.05) is 10.5 Å². The maximum absolute atomic E-state index is 12.7. The molecule has 0 aliphatic heterocycles. The van der Waals surface area contributed by atoms with Crippen molar-refractivity contribution in [1.29, 1.82) is 0 Å². The first-order chi connectivity index (χ1) is 10.1. The van der Waals surface area contributed by atoms with E-state index in [1.54, 1.807) is 0 Å². The quantitative estimate of drug-likeness (QED) is 0.780. The third kappa shape index (κ3) is 3.67. The average molecular weight is 354 g/mol. The number of halogens is 1. The Hall–Kier alpha value is -0.870. The fourth-order valence-electron chi connectivity index (χ4n) is 3.12. The normalized spacial score (nSPS) is 18.4. The number of ether oxygens (including phenoxy) is 1. The fraction of sp³-hybridized carbons (Fsp3) is 0.588. The summed E-state index contributed by atoms with van der Waals surface area (Å²) in [7, 11) is 0. The molecule has 1 fully saturated rings. The van der Waals surface area contributed by atoms with Crippen molar-refractivity contribution in [3.63, 3.8) is 0 Å². The van der Waals surface area contributed by atoms with Crippen molar-refractivity contribution >= 4 is 21.9 Å². The number of hydrogen-bond donors (Lipinski definition) is 1. The molecule has 2 rings (SSSR count). The van der Waals surface area contributed by atoms with Crippen LogP contribution in [-0.4, -0.2) is 18.6 Å². The van der Waals surface area contributed by atoms with Crippen molar-refractivity contribution in [1.82, 2.24) is 5.32 Å². The molecule has 0 bridgehead atoms. The van der Waals surface area contributed by atoms with E-state index in [9.17, 15) is 4.79 Å². The molecule has 0 heterocycles. The second kappa shape index (κ2) is 7.41. The summed E-state index contributed by atoms with van der Waals surface area (Å²) in [5.41, 5.74) is 0.254. The summed E-state index contributed by atoms with van der Waals surface area (Å²) in [6.45, 7) is 4.31. The van der Waals surface area contributed by atoms with Gasteiger partial charge in [0.1, 0.15) is 5.54 Å². The fourth-order valence-corrected chi connectivity index (χ4v) is 3.38. The lowest BCUT2D eigenvalue weighted by atomic mass is 9.86. The summed E-state index contributed by atoms with van der Waals surface area (Å²) >= 11 is 3.45. The van der Waals surface area contributed by atoms with Gasteiger partial charge in [0.25, 0.3) is 0 Å². The second-order valence-corrected chi connectivity index (χ2v) is 6.53. The number of benzene rings is 1. The zero-order chi connectivity index (χ0) is 15.3. The van der Waals surface area contributed by atoms with Gasteiger partial charge in [0.05, 0.1) is 6.61 Å². The summed E-state index contributed by atoms with van der Waals surface area (Å²) in [4.78, 5) is 12.7. The van der Waals surface area contributed by atoms with Crippen LogP contribution in [0.25, 0.3) is 0 Å². The maximum Gasteiger partial charge on any atom is 0.330 e. The molecule has 1 unspecified atom stereocenters. The molecule has 0 amide bonds. The van der Waals surface area contributed by atoms with Crippen LogP contribution in [0.3, 0.4) is 0 Å². The molecule has 1 aromatic carbocycles. The molecule has 4 heteroatoms. The van der Waals surface area contributed by atoms with E-state index >= 15 is 0 Å². The Morgan fingerprint density at radius 1 is 1.29 bits per heavy atom. The van der Waals surface area contributed by atoms with Crippen LogP contribution in [0.2, 0.25) is 0 Å². The van der Waals surface area contributed by atoms with Crippen LogP contribution in [0.1, 0.15) is 51.5 Å². The molecule has 0 saturated heterocycles. The van der Waals surface area contributed by atoms with Crippen molar-refractivity contribution in [2.45, 2.75) is 57.5 Å². The van der Waals surface area contributed by atoms with Crippen molar-refractivity contribution in [3.8, 4) is 0 Å². The summed E-state index contributed by atoms with van der Waals surface area (Å²) in [6.07, 6.45) is 5.43. The van der Waals surface area contributed by atoms with E-state index in [-0.39, 0.29) is 5.97 Å². The highest BCUT2D eigenvalue weighted by Gasteiger charge is 2.42. The van der Waals surface area contributed by atoms with Gasteiger partial charge in [-0.05, 0) is 43.9 Å². The first kappa shape index (κ1) is 16.5. The molecular weight excluding hydrogens is 330 g/mol. The standard InChI is InChI=1S/C17H24BrNO2/c1-3-17(16(20)21-4-2,19-15-7-5-6-8-15)13-9-11-14(18)12-10-13/h9-12,15,19H,3-8H2,1-2H3. The van der Waals surface area contributed by atoms with Crippen molar-refractivity contribution < 1.29 is 9.53 Å². The molecule has 3 nitrogen and oxygen atoms in total. The van der Waals surface area contributed by atoms with E-state index in [0.717, 1.165) is 22.9 Å². The number of carbonyl (C=O) groups is 1. The van der Waals surface area contributed by atoms with Gasteiger partial charge in [0.15, 0.2) is 0 Å². The molecule has 0 spiro atoms. The molecular formula is C17H24BrNO2. The van der Waals surface area contributed by atoms with Crippen LogP contribution in [0.4, 0.5) is 0 Å². The minimum absolute atomic E-state index is 0.165. The predicted molar refractivity (Wildman–Crippen MR) is 88.1 cm³/mol. The lowest BCUT2D eigenvalue weighted by Crippen LogP contribution is -2.53. The van der Waals surface area contributed by atoms with Gasteiger partial charge in [-0.3, -0.25) is 5.32 Å². The monoisotopic (exact) mass is 353 g/mol. The van der Waals surface area contributed by atoms with Crippen LogP contribution in [0, 0.1) is 0 Å². The SMILES string of the molecule is CCOC(=O)C(CC)(NC1CCCC1)c1ccc(Br)cc1. The largest absolute Gasteiger partial charge is 0.464 e. The molecule has 1 aliphatic carbocycles. The number of rotatable bonds is 6. The van der Waals surface area contributed by atoms with Crippen LogP contribution < -0.4 is 5.32 Å². The summed E-state index contributed by atoms with van der Waals surface area (Å²) in [6, 6.07) is 8.38. The van der Waals surface area contributed by atoms with Crippen molar-refractivity contribution in [3.05, 3.63) is 34.3 Å². The molecule has 116 valence electrons. The Kier molecular flexibility index (Phi) is 5.82. The summed E-state index contributed by atoms with van der Waals surface area (Å²) in [5.74, 6) is -0.165. The summed E-state index contributed by atoms with van der Waals surface area (Å²) < 4.78 is 6.39. The van der Waals surface area contributed by atoms with E-state index in [2.05, 4.69) is 21.2 Å². The third-order valence-electron chi connectivity index (χ3n) is 4.30. The molecule has 1 saturated carbocycles. The van der Waals surface area contributed by atoms with Crippen LogP contribution in [-0.2, 0) is 15.1 Å². The second-order valence-electron chi connectivity index (χ2n) is 5.61. The first-order valence-corrected chi connectivity index (χ1v) is 8.62. The van der Waals surface area contributed by atoms with E-state index < -0.39 is 5.54 Å². The Morgan fingerprint density at radius 2 is 1.90 bits per heavy atom. The predicted octanol–water partition coefficient (Wildman–Crippen LogP) is 4.15. The lowest BCUT2D eigenvalue weighted by Gasteiger charge is -2.35. The molecule has 0 aromatic heterocycles. The highest BCUT2D eigenvalue weighted by atomic mass is 79.9.